The van der Waals surface area contributed by atoms with Gasteiger partial charge < -0.3 is 10.2 Å². The molecule has 0 aliphatic carbocycles. The summed E-state index contributed by atoms with van der Waals surface area (Å²) in [5.41, 5.74) is 0. The number of hydrogen-bond acceptors (Lipinski definition) is 3. The summed E-state index contributed by atoms with van der Waals surface area (Å²) in [6.45, 7) is 0. The van der Waals surface area contributed by atoms with Crippen molar-refractivity contribution in [2.24, 2.45) is 0 Å². The number of hydrogen-bond donors (Lipinski definition) is 2. The number of rotatable bonds is 27. The quantitative estimate of drug-likeness (QED) is 0.118. The molecule has 0 aromatic carbocycles. The first-order chi connectivity index (χ1) is 16.0. The second-order valence-electron chi connectivity index (χ2n) is 9.75. The van der Waals surface area contributed by atoms with Crippen LogP contribution in [0.15, 0.2) is 0 Å². The molecule has 0 amide bonds. The van der Waals surface area contributed by atoms with Crippen molar-refractivity contribution in [3.8, 4) is 0 Å². The molecule has 33 heavy (non-hydrogen) atoms. The van der Waals surface area contributed by atoms with E-state index in [4.69, 9.17) is 10.2 Å². The average Bonchev–Trinajstić information content (AvgIpc) is 2.77. The van der Waals surface area contributed by atoms with E-state index < -0.39 is 11.9 Å². The summed E-state index contributed by atoms with van der Waals surface area (Å²) in [6, 6.07) is 0. The minimum atomic E-state index is -0.698. The lowest BCUT2D eigenvalue weighted by Crippen LogP contribution is -1.97. The van der Waals surface area contributed by atoms with Crippen molar-refractivity contribution in [1.29, 1.82) is 0 Å². The summed E-state index contributed by atoms with van der Waals surface area (Å²) in [6.07, 6.45) is 26.4. The highest BCUT2D eigenvalue weighted by Gasteiger charge is 2.02. The molecule has 0 bridgehead atoms. The number of unbranched alkanes of at least 4 members (excludes halogenated alkanes) is 19. The van der Waals surface area contributed by atoms with E-state index in [1.54, 1.807) is 0 Å². The lowest BCUT2D eigenvalue weighted by atomic mass is 10.0. The maximum Gasteiger partial charge on any atom is 0.303 e. The number of ketones is 1. The standard InChI is InChI=1S/C28H52O5/c29-26(23-19-15-11-9-13-17-21-25-28(32)33)22-18-14-10-7-5-3-1-2-4-6-8-12-16-20-24-27(30)31/h1-25H2,(H,30,31)(H,32,33). The van der Waals surface area contributed by atoms with Crippen molar-refractivity contribution >= 4 is 17.7 Å². The Morgan fingerprint density at radius 3 is 0.697 bits per heavy atom. The third-order valence-corrected chi connectivity index (χ3v) is 6.44. The first-order valence-corrected chi connectivity index (χ1v) is 14.0. The molecule has 0 aromatic heterocycles. The zero-order valence-electron chi connectivity index (χ0n) is 21.3. The Kier molecular flexibility index (Phi) is 24.2. The number of carboxylic acid groups (broad SMARTS) is 2. The first kappa shape index (κ1) is 31.6. The third-order valence-electron chi connectivity index (χ3n) is 6.44. The van der Waals surface area contributed by atoms with E-state index in [1.165, 1.54) is 70.6 Å². The van der Waals surface area contributed by atoms with Gasteiger partial charge in [-0.25, -0.2) is 0 Å². The SMILES string of the molecule is O=C(O)CCCCCCCCCCCCCCCCC(=O)CCCCCCCCCC(=O)O. The van der Waals surface area contributed by atoms with E-state index in [0.29, 0.717) is 12.2 Å². The zero-order chi connectivity index (χ0) is 24.4. The Labute approximate surface area is 203 Å². The van der Waals surface area contributed by atoms with Crippen molar-refractivity contribution in [3.05, 3.63) is 0 Å². The molecule has 0 saturated carbocycles. The van der Waals surface area contributed by atoms with E-state index >= 15 is 0 Å². The molecule has 0 radical (unpaired) electrons. The van der Waals surface area contributed by atoms with E-state index in [2.05, 4.69) is 0 Å². The molecule has 194 valence electrons. The molecule has 5 heteroatoms. The summed E-state index contributed by atoms with van der Waals surface area (Å²) in [5, 5.41) is 17.2. The molecule has 0 fully saturated rings. The maximum absolute atomic E-state index is 12.0. The van der Waals surface area contributed by atoms with Gasteiger partial charge in [0.1, 0.15) is 5.78 Å². The van der Waals surface area contributed by atoms with Crippen LogP contribution in [0, 0.1) is 0 Å². The Balaban J connectivity index is 3.17. The van der Waals surface area contributed by atoms with Crippen LogP contribution in [0.2, 0.25) is 0 Å². The van der Waals surface area contributed by atoms with Crippen LogP contribution in [0.1, 0.15) is 161 Å². The predicted molar refractivity (Wildman–Crippen MR) is 136 cm³/mol. The van der Waals surface area contributed by atoms with Crippen LogP contribution >= 0.6 is 0 Å². The highest BCUT2D eigenvalue weighted by Crippen LogP contribution is 2.15. The van der Waals surface area contributed by atoms with Crippen LogP contribution in [-0.4, -0.2) is 27.9 Å². The molecule has 0 saturated heterocycles. The van der Waals surface area contributed by atoms with Gasteiger partial charge in [0.25, 0.3) is 0 Å². The molecule has 5 nitrogen and oxygen atoms in total. The van der Waals surface area contributed by atoms with Crippen molar-refractivity contribution in [2.45, 2.75) is 161 Å². The fraction of sp³-hybridized carbons (Fsp3) is 0.893. The summed E-state index contributed by atoms with van der Waals surface area (Å²) >= 11 is 0. The molecular weight excluding hydrogens is 416 g/mol. The van der Waals surface area contributed by atoms with Gasteiger partial charge in [0.05, 0.1) is 0 Å². The number of aliphatic carboxylic acids is 2. The Morgan fingerprint density at radius 2 is 0.485 bits per heavy atom. The molecule has 0 heterocycles. The number of carbonyl (C=O) groups is 3. The first-order valence-electron chi connectivity index (χ1n) is 14.0. The van der Waals surface area contributed by atoms with Gasteiger partial charge in [-0.15, -0.1) is 0 Å². The van der Waals surface area contributed by atoms with Crippen molar-refractivity contribution in [1.82, 2.24) is 0 Å². The highest BCUT2D eigenvalue weighted by atomic mass is 16.4. The lowest BCUT2D eigenvalue weighted by molar-refractivity contribution is -0.138. The number of Topliss-reactive ketones (excluding diaryl/α,β-unsaturated/α-hetero) is 1. The smallest absolute Gasteiger partial charge is 0.303 e. The minimum absolute atomic E-state index is 0.287. The minimum Gasteiger partial charge on any atom is -0.481 e. The zero-order valence-corrected chi connectivity index (χ0v) is 21.3. The Hall–Kier alpha value is -1.39. The molecule has 0 aliphatic heterocycles. The van der Waals surface area contributed by atoms with Gasteiger partial charge in [-0.05, 0) is 25.7 Å². The van der Waals surface area contributed by atoms with Gasteiger partial charge in [-0.1, -0.05) is 109 Å². The van der Waals surface area contributed by atoms with Gasteiger partial charge >= 0.3 is 11.9 Å². The van der Waals surface area contributed by atoms with Gasteiger partial charge in [0, 0.05) is 25.7 Å². The van der Waals surface area contributed by atoms with Gasteiger partial charge in [-0.2, -0.15) is 0 Å². The molecule has 0 aromatic rings. The fourth-order valence-electron chi connectivity index (χ4n) is 4.33. The van der Waals surface area contributed by atoms with Gasteiger partial charge in [0.15, 0.2) is 0 Å². The topological polar surface area (TPSA) is 91.7 Å². The number of carboxylic acids is 2. The van der Waals surface area contributed by atoms with Gasteiger partial charge in [-0.3, -0.25) is 14.4 Å². The molecule has 0 rings (SSSR count). The van der Waals surface area contributed by atoms with Crippen molar-refractivity contribution < 1.29 is 24.6 Å². The van der Waals surface area contributed by atoms with E-state index in [1.807, 2.05) is 0 Å². The van der Waals surface area contributed by atoms with Crippen LogP contribution < -0.4 is 0 Å². The van der Waals surface area contributed by atoms with Crippen LogP contribution in [-0.2, 0) is 14.4 Å². The second kappa shape index (κ2) is 25.2. The van der Waals surface area contributed by atoms with Crippen molar-refractivity contribution in [2.75, 3.05) is 0 Å². The molecule has 0 aliphatic rings. The summed E-state index contributed by atoms with van der Waals surface area (Å²) in [5.74, 6) is -0.945. The van der Waals surface area contributed by atoms with E-state index in [9.17, 15) is 14.4 Å². The van der Waals surface area contributed by atoms with E-state index in [0.717, 1.165) is 77.0 Å². The summed E-state index contributed by atoms with van der Waals surface area (Å²) < 4.78 is 0. The predicted octanol–water partition coefficient (Wildman–Crippen LogP) is 8.48. The lowest BCUT2D eigenvalue weighted by Gasteiger charge is -2.04. The van der Waals surface area contributed by atoms with Crippen molar-refractivity contribution in [3.63, 3.8) is 0 Å². The largest absolute Gasteiger partial charge is 0.481 e. The van der Waals surface area contributed by atoms with Crippen LogP contribution in [0.4, 0.5) is 0 Å². The molecule has 0 atom stereocenters. The second-order valence-corrected chi connectivity index (χ2v) is 9.75. The van der Waals surface area contributed by atoms with E-state index in [-0.39, 0.29) is 6.42 Å². The number of carbonyl (C=O) groups excluding carboxylic acids is 1. The average molecular weight is 469 g/mol. The summed E-state index contributed by atoms with van der Waals surface area (Å²) in [4.78, 5) is 32.8. The molecule has 2 N–H and O–H groups in total. The Bertz CT molecular complexity index is 475. The normalized spacial score (nSPS) is 11.0. The third kappa shape index (κ3) is 28.6. The monoisotopic (exact) mass is 468 g/mol. The fourth-order valence-corrected chi connectivity index (χ4v) is 4.33. The molecular formula is C28H52O5. The van der Waals surface area contributed by atoms with Crippen LogP contribution in [0.5, 0.6) is 0 Å². The van der Waals surface area contributed by atoms with Crippen LogP contribution in [0.3, 0.4) is 0 Å². The summed E-state index contributed by atoms with van der Waals surface area (Å²) in [7, 11) is 0. The Morgan fingerprint density at radius 1 is 0.303 bits per heavy atom. The van der Waals surface area contributed by atoms with Crippen LogP contribution in [0.25, 0.3) is 0 Å². The maximum atomic E-state index is 12.0. The van der Waals surface area contributed by atoms with Gasteiger partial charge in [0.2, 0.25) is 0 Å². The highest BCUT2D eigenvalue weighted by molar-refractivity contribution is 5.78. The molecule has 0 unspecified atom stereocenters. The molecule has 0 spiro atoms.